The molecule has 0 saturated heterocycles. The molecule has 2 heterocycles. The van der Waals surface area contributed by atoms with Crippen LogP contribution in [0.15, 0.2) is 23.7 Å². The van der Waals surface area contributed by atoms with Crippen LogP contribution >= 0.6 is 11.6 Å². The van der Waals surface area contributed by atoms with Gasteiger partial charge in [0.15, 0.2) is 11.5 Å². The fraction of sp³-hybridized carbons (Fsp3) is 0.500. The van der Waals surface area contributed by atoms with Gasteiger partial charge in [0.05, 0.1) is 5.56 Å². The molecule has 0 unspecified atom stereocenters. The topological polar surface area (TPSA) is 66.9 Å². The van der Waals surface area contributed by atoms with E-state index in [4.69, 9.17) is 21.3 Å². The molecular formula is C16H20ClF3N4O3. The molecule has 150 valence electrons. The first-order valence-corrected chi connectivity index (χ1v) is 8.67. The number of hydrogen-bond donors (Lipinski definition) is 1. The Kier molecular flexibility index (Phi) is 6.77. The number of hydrogen-bond acceptors (Lipinski definition) is 6. The summed E-state index contributed by atoms with van der Waals surface area (Å²) in [4.78, 5) is 28.1. The fourth-order valence-corrected chi connectivity index (χ4v) is 2.64. The zero-order valence-electron chi connectivity index (χ0n) is 15.1. The van der Waals surface area contributed by atoms with Crippen LogP contribution in [0.3, 0.4) is 0 Å². The SMILES string of the molecule is CCN(CC)C(=O)CCC1=C(C)ON(Nc2ccc(C(F)(F)F)c(Cl)n2)O1. The number of halogens is 4. The third kappa shape index (κ3) is 5.39. The highest BCUT2D eigenvalue weighted by Crippen LogP contribution is 2.34. The molecule has 0 bridgehead atoms. The van der Waals surface area contributed by atoms with Crippen molar-refractivity contribution >= 4 is 23.3 Å². The molecule has 0 aliphatic carbocycles. The Balaban J connectivity index is 1.93. The standard InChI is InChI=1S/C16H20ClF3N4O3/c1-4-23(5-2)14(25)9-7-12-10(3)26-24(27-12)22-13-8-6-11(15(17)21-13)16(18,19)20/h6,8H,4-5,7,9H2,1-3H3,(H,21,22). The van der Waals surface area contributed by atoms with Crippen molar-refractivity contribution in [3.8, 4) is 0 Å². The smallest absolute Gasteiger partial charge is 0.355 e. The van der Waals surface area contributed by atoms with Crippen molar-refractivity contribution in [2.75, 3.05) is 18.5 Å². The average molecular weight is 409 g/mol. The first kappa shape index (κ1) is 21.1. The number of aromatic nitrogens is 1. The molecule has 1 N–H and O–H groups in total. The monoisotopic (exact) mass is 408 g/mol. The van der Waals surface area contributed by atoms with Crippen molar-refractivity contribution in [3.63, 3.8) is 0 Å². The molecule has 7 nitrogen and oxygen atoms in total. The third-order valence-electron chi connectivity index (χ3n) is 3.85. The van der Waals surface area contributed by atoms with Gasteiger partial charge in [-0.2, -0.15) is 13.2 Å². The van der Waals surface area contributed by atoms with E-state index >= 15 is 0 Å². The molecule has 1 aliphatic rings. The van der Waals surface area contributed by atoms with Crippen LogP contribution in [0.25, 0.3) is 0 Å². The largest absolute Gasteiger partial charge is 0.419 e. The molecule has 1 aliphatic heterocycles. The van der Waals surface area contributed by atoms with Crippen molar-refractivity contribution in [1.82, 2.24) is 15.2 Å². The van der Waals surface area contributed by atoms with E-state index in [0.29, 0.717) is 31.0 Å². The number of anilines is 1. The molecule has 11 heteroatoms. The van der Waals surface area contributed by atoms with E-state index < -0.39 is 16.9 Å². The van der Waals surface area contributed by atoms with Gasteiger partial charge in [0.1, 0.15) is 16.3 Å². The Bertz CT molecular complexity index is 723. The van der Waals surface area contributed by atoms with Gasteiger partial charge >= 0.3 is 6.18 Å². The van der Waals surface area contributed by atoms with Gasteiger partial charge in [-0.05, 0) is 32.9 Å². The molecule has 0 spiro atoms. The van der Waals surface area contributed by atoms with E-state index in [1.807, 2.05) is 13.8 Å². The van der Waals surface area contributed by atoms with Crippen LogP contribution in [0.4, 0.5) is 19.0 Å². The van der Waals surface area contributed by atoms with Crippen LogP contribution < -0.4 is 5.43 Å². The Hall–Kier alpha value is -2.20. The molecular weight excluding hydrogens is 389 g/mol. The Labute approximate surface area is 159 Å². The van der Waals surface area contributed by atoms with Crippen molar-refractivity contribution in [3.05, 3.63) is 34.4 Å². The number of pyridine rings is 1. The molecule has 1 amide bonds. The Morgan fingerprint density at radius 2 is 1.96 bits per heavy atom. The van der Waals surface area contributed by atoms with Crippen LogP contribution in [0.2, 0.25) is 5.15 Å². The Morgan fingerprint density at radius 3 is 2.52 bits per heavy atom. The van der Waals surface area contributed by atoms with Crippen LogP contribution in [-0.4, -0.2) is 34.2 Å². The number of nitrogens with zero attached hydrogens (tertiary/aromatic N) is 3. The van der Waals surface area contributed by atoms with Gasteiger partial charge in [0.25, 0.3) is 0 Å². The highest BCUT2D eigenvalue weighted by molar-refractivity contribution is 6.30. The summed E-state index contributed by atoms with van der Waals surface area (Å²) < 4.78 is 38.1. The highest BCUT2D eigenvalue weighted by atomic mass is 35.5. The molecule has 2 rings (SSSR count). The first-order chi connectivity index (χ1) is 12.7. The summed E-state index contributed by atoms with van der Waals surface area (Å²) in [7, 11) is 0. The van der Waals surface area contributed by atoms with Crippen LogP contribution in [0, 0.1) is 0 Å². The maximum absolute atomic E-state index is 12.7. The molecule has 1 aromatic rings. The second-order valence-corrected chi connectivity index (χ2v) is 5.99. The van der Waals surface area contributed by atoms with Crippen LogP contribution in [0.1, 0.15) is 39.2 Å². The second-order valence-electron chi connectivity index (χ2n) is 5.63. The summed E-state index contributed by atoms with van der Waals surface area (Å²) in [6, 6.07) is 1.90. The van der Waals surface area contributed by atoms with Crippen molar-refractivity contribution in [1.29, 1.82) is 0 Å². The van der Waals surface area contributed by atoms with E-state index in [2.05, 4.69) is 10.4 Å². The summed E-state index contributed by atoms with van der Waals surface area (Å²) in [5.41, 5.74) is 1.50. The maximum atomic E-state index is 12.7. The number of rotatable bonds is 7. The van der Waals surface area contributed by atoms with Gasteiger partial charge in [0.2, 0.25) is 5.91 Å². The van der Waals surface area contributed by atoms with Crippen molar-refractivity contribution in [2.24, 2.45) is 0 Å². The summed E-state index contributed by atoms with van der Waals surface area (Å²) in [5.74, 6) is 0.849. The highest BCUT2D eigenvalue weighted by Gasteiger charge is 2.34. The zero-order chi connectivity index (χ0) is 20.2. The molecule has 0 aromatic carbocycles. The van der Waals surface area contributed by atoms with Gasteiger partial charge in [-0.3, -0.25) is 4.79 Å². The maximum Gasteiger partial charge on any atom is 0.419 e. The van der Waals surface area contributed by atoms with Gasteiger partial charge in [-0.15, -0.1) is 0 Å². The number of hydrazine groups is 1. The molecule has 0 atom stereocenters. The van der Waals surface area contributed by atoms with Gasteiger partial charge < -0.3 is 14.6 Å². The minimum Gasteiger partial charge on any atom is -0.355 e. The molecule has 0 saturated carbocycles. The van der Waals surface area contributed by atoms with E-state index in [9.17, 15) is 18.0 Å². The number of nitrogens with one attached hydrogen (secondary N) is 1. The zero-order valence-corrected chi connectivity index (χ0v) is 15.8. The van der Waals surface area contributed by atoms with E-state index in [-0.39, 0.29) is 18.1 Å². The lowest BCUT2D eigenvalue weighted by atomic mass is 10.2. The first-order valence-electron chi connectivity index (χ1n) is 8.29. The molecule has 1 aromatic heterocycles. The fourth-order valence-electron chi connectivity index (χ4n) is 2.38. The number of carbonyl (C=O) groups excluding carboxylic acids is 1. The minimum absolute atomic E-state index is 0.00117. The summed E-state index contributed by atoms with van der Waals surface area (Å²) >= 11 is 5.57. The van der Waals surface area contributed by atoms with E-state index in [0.717, 1.165) is 17.5 Å². The number of allylic oxidation sites excluding steroid dienone is 2. The van der Waals surface area contributed by atoms with Gasteiger partial charge in [0, 0.05) is 25.9 Å². The predicted molar refractivity (Wildman–Crippen MR) is 91.7 cm³/mol. The summed E-state index contributed by atoms with van der Waals surface area (Å²) in [6.07, 6.45) is -4.03. The van der Waals surface area contributed by atoms with Crippen molar-refractivity contribution < 1.29 is 27.6 Å². The van der Waals surface area contributed by atoms with E-state index in [1.54, 1.807) is 11.8 Å². The summed E-state index contributed by atoms with van der Waals surface area (Å²) in [6.45, 7) is 6.69. The van der Waals surface area contributed by atoms with Crippen LogP contribution in [-0.2, 0) is 20.6 Å². The summed E-state index contributed by atoms with van der Waals surface area (Å²) in [5, 5.41) is 0.153. The predicted octanol–water partition coefficient (Wildman–Crippen LogP) is 4.14. The lowest BCUT2D eigenvalue weighted by Crippen LogP contribution is -2.30. The minimum atomic E-state index is -4.59. The third-order valence-corrected chi connectivity index (χ3v) is 4.14. The number of carbonyl (C=O) groups is 1. The quantitative estimate of drug-likeness (QED) is 0.684. The van der Waals surface area contributed by atoms with Gasteiger partial charge in [-0.1, -0.05) is 11.6 Å². The lowest BCUT2D eigenvalue weighted by Gasteiger charge is -2.18. The lowest BCUT2D eigenvalue weighted by molar-refractivity contribution is -0.277. The normalized spacial score (nSPS) is 14.8. The number of amides is 1. The van der Waals surface area contributed by atoms with Gasteiger partial charge in [-0.25, -0.2) is 10.4 Å². The molecule has 0 radical (unpaired) electrons. The molecule has 27 heavy (non-hydrogen) atoms. The molecule has 0 fully saturated rings. The average Bonchev–Trinajstić information content (AvgIpc) is 2.92. The second kappa shape index (κ2) is 8.66. The Morgan fingerprint density at radius 1 is 1.30 bits per heavy atom. The van der Waals surface area contributed by atoms with Crippen LogP contribution in [0.5, 0.6) is 0 Å². The van der Waals surface area contributed by atoms with E-state index in [1.165, 1.54) is 0 Å². The van der Waals surface area contributed by atoms with Crippen molar-refractivity contribution in [2.45, 2.75) is 39.8 Å². The number of alkyl halides is 3.